The molecule has 12 heavy (non-hydrogen) atoms. The summed E-state index contributed by atoms with van der Waals surface area (Å²) in [5, 5.41) is 1.50. The second-order valence-electron chi connectivity index (χ2n) is 2.33. The molecule has 0 spiro atoms. The van der Waals surface area contributed by atoms with E-state index in [1.807, 2.05) is 12.1 Å². The molecule has 0 saturated heterocycles. The molecule has 5 heteroatoms. The molecule has 2 aromatic rings. The highest BCUT2D eigenvalue weighted by Gasteiger charge is 2.07. The van der Waals surface area contributed by atoms with Crippen molar-refractivity contribution in [2.75, 3.05) is 5.73 Å². The Morgan fingerprint density at radius 3 is 3.00 bits per heavy atom. The number of hydrogen-bond acceptors (Lipinski definition) is 3. The summed E-state index contributed by atoms with van der Waals surface area (Å²) in [5.41, 5.74) is 5.63. The lowest BCUT2D eigenvalue weighted by atomic mass is 10.3. The van der Waals surface area contributed by atoms with Gasteiger partial charge >= 0.3 is 0 Å². The summed E-state index contributed by atoms with van der Waals surface area (Å²) >= 11 is 10.7. The van der Waals surface area contributed by atoms with Crippen molar-refractivity contribution >= 4 is 55.0 Å². The van der Waals surface area contributed by atoms with Crippen LogP contribution in [-0.4, -0.2) is 4.37 Å². The molecular formula is C7H4BrClN2S. The zero-order chi connectivity index (χ0) is 8.72. The van der Waals surface area contributed by atoms with Gasteiger partial charge in [-0.05, 0) is 23.7 Å². The maximum atomic E-state index is 5.97. The van der Waals surface area contributed by atoms with Gasteiger partial charge in [0.1, 0.15) is 5.82 Å². The van der Waals surface area contributed by atoms with Crippen LogP contribution in [0.4, 0.5) is 5.82 Å². The van der Waals surface area contributed by atoms with Crippen LogP contribution in [0.2, 0.25) is 5.02 Å². The molecular weight excluding hydrogens is 260 g/mol. The van der Waals surface area contributed by atoms with Crippen LogP contribution in [0.15, 0.2) is 16.6 Å². The third-order valence-electron chi connectivity index (χ3n) is 1.52. The second kappa shape index (κ2) is 2.87. The SMILES string of the molecule is Nc1nsc2cc(Br)cc(Cl)c12. The smallest absolute Gasteiger partial charge is 0.146 e. The molecule has 0 saturated carbocycles. The van der Waals surface area contributed by atoms with E-state index in [0.717, 1.165) is 14.6 Å². The Labute approximate surface area is 86.6 Å². The molecule has 0 radical (unpaired) electrons. The molecule has 2 rings (SSSR count). The first-order valence-corrected chi connectivity index (χ1v) is 5.13. The average molecular weight is 264 g/mol. The van der Waals surface area contributed by atoms with Gasteiger partial charge in [-0.15, -0.1) is 0 Å². The third kappa shape index (κ3) is 1.20. The van der Waals surface area contributed by atoms with Gasteiger partial charge in [-0.1, -0.05) is 27.5 Å². The summed E-state index contributed by atoms with van der Waals surface area (Å²) in [6.45, 7) is 0. The number of halogens is 2. The molecule has 2 nitrogen and oxygen atoms in total. The Morgan fingerprint density at radius 1 is 1.50 bits per heavy atom. The highest BCUT2D eigenvalue weighted by molar-refractivity contribution is 9.10. The molecule has 1 heterocycles. The monoisotopic (exact) mass is 262 g/mol. The topological polar surface area (TPSA) is 38.9 Å². The van der Waals surface area contributed by atoms with Crippen molar-refractivity contribution in [1.29, 1.82) is 0 Å². The summed E-state index contributed by atoms with van der Waals surface area (Å²) in [7, 11) is 0. The molecule has 0 bridgehead atoms. The highest BCUT2D eigenvalue weighted by Crippen LogP contribution is 2.34. The standard InChI is InChI=1S/C7H4BrClN2S/c8-3-1-4(9)6-5(2-3)12-11-7(6)10/h1-2H,(H2,10,11). The maximum absolute atomic E-state index is 5.97. The van der Waals surface area contributed by atoms with Crippen molar-refractivity contribution in [3.8, 4) is 0 Å². The largest absolute Gasteiger partial charge is 0.382 e. The van der Waals surface area contributed by atoms with Crippen molar-refractivity contribution in [2.45, 2.75) is 0 Å². The molecule has 1 aromatic heterocycles. The Morgan fingerprint density at radius 2 is 2.25 bits per heavy atom. The van der Waals surface area contributed by atoms with E-state index in [9.17, 15) is 0 Å². The van der Waals surface area contributed by atoms with E-state index in [0.29, 0.717) is 10.8 Å². The van der Waals surface area contributed by atoms with Crippen molar-refractivity contribution in [3.63, 3.8) is 0 Å². The fourth-order valence-corrected chi connectivity index (χ4v) is 2.90. The number of aromatic nitrogens is 1. The molecule has 0 fully saturated rings. The van der Waals surface area contributed by atoms with Crippen molar-refractivity contribution in [2.24, 2.45) is 0 Å². The number of anilines is 1. The first-order chi connectivity index (χ1) is 5.68. The van der Waals surface area contributed by atoms with Gasteiger partial charge < -0.3 is 5.73 Å². The molecule has 0 unspecified atom stereocenters. The van der Waals surface area contributed by atoms with Gasteiger partial charge in [0, 0.05) is 4.47 Å². The molecule has 0 aliphatic carbocycles. The molecule has 0 aliphatic rings. The minimum absolute atomic E-state index is 0.507. The summed E-state index contributed by atoms with van der Waals surface area (Å²) in [4.78, 5) is 0. The number of nitrogens with two attached hydrogens (primary N) is 1. The number of rotatable bonds is 0. The van der Waals surface area contributed by atoms with Crippen molar-refractivity contribution in [1.82, 2.24) is 4.37 Å². The van der Waals surface area contributed by atoms with E-state index in [1.54, 1.807) is 0 Å². The predicted octanol–water partition coefficient (Wildman–Crippen LogP) is 3.29. The van der Waals surface area contributed by atoms with Gasteiger partial charge in [0.15, 0.2) is 0 Å². The molecule has 0 amide bonds. The maximum Gasteiger partial charge on any atom is 0.146 e. The average Bonchev–Trinajstić information content (AvgIpc) is 2.31. The molecule has 0 aliphatic heterocycles. The minimum atomic E-state index is 0.507. The highest BCUT2D eigenvalue weighted by atomic mass is 79.9. The number of nitrogens with zero attached hydrogens (tertiary/aromatic N) is 1. The van der Waals surface area contributed by atoms with E-state index in [4.69, 9.17) is 17.3 Å². The fraction of sp³-hybridized carbons (Fsp3) is 0. The van der Waals surface area contributed by atoms with Crippen molar-refractivity contribution in [3.05, 3.63) is 21.6 Å². The van der Waals surface area contributed by atoms with Crippen LogP contribution in [0.1, 0.15) is 0 Å². The zero-order valence-electron chi connectivity index (χ0n) is 5.84. The molecule has 0 atom stereocenters. The first-order valence-electron chi connectivity index (χ1n) is 3.18. The van der Waals surface area contributed by atoms with Crippen LogP contribution >= 0.6 is 39.1 Å². The van der Waals surface area contributed by atoms with Gasteiger partial charge in [0.2, 0.25) is 0 Å². The van der Waals surface area contributed by atoms with Crippen LogP contribution < -0.4 is 5.73 Å². The van der Waals surface area contributed by atoms with E-state index in [2.05, 4.69) is 20.3 Å². The Bertz CT molecular complexity index is 440. The quantitative estimate of drug-likeness (QED) is 0.792. The van der Waals surface area contributed by atoms with Gasteiger partial charge in [0.25, 0.3) is 0 Å². The third-order valence-corrected chi connectivity index (χ3v) is 3.08. The first kappa shape index (κ1) is 8.29. The molecule has 1 aromatic carbocycles. The number of fused-ring (bicyclic) bond motifs is 1. The summed E-state index contributed by atoms with van der Waals surface area (Å²) in [6.07, 6.45) is 0. The van der Waals surface area contributed by atoms with Crippen LogP contribution in [0.5, 0.6) is 0 Å². The van der Waals surface area contributed by atoms with E-state index in [-0.39, 0.29) is 0 Å². The Balaban J connectivity index is 2.93. The Hall–Kier alpha value is -0.320. The van der Waals surface area contributed by atoms with Crippen LogP contribution in [0, 0.1) is 0 Å². The summed E-state index contributed by atoms with van der Waals surface area (Å²) in [5.74, 6) is 0.507. The van der Waals surface area contributed by atoms with Gasteiger partial charge in [0.05, 0.1) is 15.1 Å². The minimum Gasteiger partial charge on any atom is -0.382 e. The number of benzene rings is 1. The Kier molecular flexibility index (Phi) is 1.98. The predicted molar refractivity (Wildman–Crippen MR) is 56.7 cm³/mol. The van der Waals surface area contributed by atoms with E-state index in [1.165, 1.54) is 11.5 Å². The summed E-state index contributed by atoms with van der Waals surface area (Å²) < 4.78 is 5.97. The second-order valence-corrected chi connectivity index (χ2v) is 4.46. The summed E-state index contributed by atoms with van der Waals surface area (Å²) in [6, 6.07) is 3.77. The zero-order valence-corrected chi connectivity index (χ0v) is 9.00. The number of hydrogen-bond donors (Lipinski definition) is 1. The van der Waals surface area contributed by atoms with Gasteiger partial charge in [-0.2, -0.15) is 4.37 Å². The van der Waals surface area contributed by atoms with Gasteiger partial charge in [-0.3, -0.25) is 0 Å². The fourth-order valence-electron chi connectivity index (χ4n) is 1.01. The van der Waals surface area contributed by atoms with E-state index < -0.39 is 0 Å². The van der Waals surface area contributed by atoms with Gasteiger partial charge in [-0.25, -0.2) is 0 Å². The van der Waals surface area contributed by atoms with Crippen LogP contribution in [0.3, 0.4) is 0 Å². The lowest BCUT2D eigenvalue weighted by molar-refractivity contribution is 1.58. The lowest BCUT2D eigenvalue weighted by Gasteiger charge is -1.95. The van der Waals surface area contributed by atoms with Crippen molar-refractivity contribution < 1.29 is 0 Å². The van der Waals surface area contributed by atoms with Crippen LogP contribution in [0.25, 0.3) is 10.1 Å². The lowest BCUT2D eigenvalue weighted by Crippen LogP contribution is -1.83. The number of nitrogen functional groups attached to an aromatic ring is 1. The molecule has 2 N–H and O–H groups in total. The van der Waals surface area contributed by atoms with E-state index >= 15 is 0 Å². The molecule has 62 valence electrons. The normalized spacial score (nSPS) is 10.8. The van der Waals surface area contributed by atoms with Crippen LogP contribution in [-0.2, 0) is 0 Å².